The third-order valence-electron chi connectivity index (χ3n) is 7.76. The van der Waals surface area contributed by atoms with Gasteiger partial charge in [-0.25, -0.2) is 0 Å². The fraction of sp³-hybridized carbons (Fsp3) is 0.462. The lowest BCUT2D eigenvalue weighted by Crippen LogP contribution is -2.58. The molecule has 180 valence electrons. The number of anilines is 1. The Kier molecular flexibility index (Phi) is 6.49. The largest absolute Gasteiger partial charge is 0.468 e. The molecule has 0 aromatic heterocycles. The number of hydrogen-bond donors (Lipinski definition) is 0. The van der Waals surface area contributed by atoms with E-state index in [0.717, 1.165) is 53.6 Å². The van der Waals surface area contributed by atoms with Gasteiger partial charge in [-0.3, -0.25) is 14.5 Å². The van der Waals surface area contributed by atoms with Gasteiger partial charge in [0.1, 0.15) is 12.1 Å². The molecule has 1 aliphatic carbocycles. The molecule has 1 spiro atoms. The van der Waals surface area contributed by atoms with Crippen molar-refractivity contribution in [2.45, 2.75) is 43.7 Å². The van der Waals surface area contributed by atoms with Crippen molar-refractivity contribution in [3.63, 3.8) is 0 Å². The van der Waals surface area contributed by atoms with Gasteiger partial charge in [0.2, 0.25) is 0 Å². The third kappa shape index (κ3) is 4.06. The molecule has 2 heterocycles. The molecule has 2 fully saturated rings. The molecular formula is C26H29Cl2N3O3. The molecule has 2 aliphatic heterocycles. The summed E-state index contributed by atoms with van der Waals surface area (Å²) in [4.78, 5) is 32.0. The minimum atomic E-state index is -0.639. The van der Waals surface area contributed by atoms with Gasteiger partial charge < -0.3 is 14.5 Å². The maximum Gasteiger partial charge on any atom is 0.325 e. The minimum absolute atomic E-state index is 0.0187. The zero-order chi connectivity index (χ0) is 23.9. The van der Waals surface area contributed by atoms with E-state index >= 15 is 0 Å². The van der Waals surface area contributed by atoms with Crippen molar-refractivity contribution in [1.29, 1.82) is 0 Å². The number of ether oxygens (including phenoxy) is 1. The summed E-state index contributed by atoms with van der Waals surface area (Å²) in [6, 6.07) is 14.2. The van der Waals surface area contributed by atoms with Crippen molar-refractivity contribution in [3.8, 4) is 0 Å². The Morgan fingerprint density at radius 1 is 1.06 bits per heavy atom. The second kappa shape index (κ2) is 9.40. The zero-order valence-electron chi connectivity index (χ0n) is 19.3. The zero-order valence-corrected chi connectivity index (χ0v) is 20.8. The highest BCUT2D eigenvalue weighted by atomic mass is 35.5. The quantitative estimate of drug-likeness (QED) is 0.588. The van der Waals surface area contributed by atoms with Gasteiger partial charge in [0.25, 0.3) is 5.91 Å². The monoisotopic (exact) mass is 501 g/mol. The lowest BCUT2D eigenvalue weighted by molar-refractivity contribution is -0.147. The van der Waals surface area contributed by atoms with Crippen LogP contribution >= 0.6 is 23.2 Å². The summed E-state index contributed by atoms with van der Waals surface area (Å²) in [5, 5.41) is 1.59. The van der Waals surface area contributed by atoms with E-state index in [1.807, 2.05) is 42.5 Å². The van der Waals surface area contributed by atoms with E-state index in [-0.39, 0.29) is 12.5 Å². The number of piperidine rings is 1. The number of halogens is 2. The van der Waals surface area contributed by atoms with Gasteiger partial charge in [-0.15, -0.1) is 0 Å². The summed E-state index contributed by atoms with van der Waals surface area (Å²) in [6.45, 7) is 2.00. The molecule has 34 heavy (non-hydrogen) atoms. The first kappa shape index (κ1) is 23.5. The Morgan fingerprint density at radius 2 is 1.74 bits per heavy atom. The molecule has 0 N–H and O–H groups in total. The Morgan fingerprint density at radius 3 is 2.41 bits per heavy atom. The number of likely N-dealkylation sites (tertiary alicyclic amines) is 1. The molecule has 0 saturated carbocycles. The van der Waals surface area contributed by atoms with Crippen LogP contribution in [0.1, 0.15) is 30.4 Å². The minimum Gasteiger partial charge on any atom is -0.468 e. The summed E-state index contributed by atoms with van der Waals surface area (Å²) in [7, 11) is 1.36. The highest BCUT2D eigenvalue weighted by molar-refractivity contribution is 6.34. The summed E-state index contributed by atoms with van der Waals surface area (Å²) in [6.07, 6.45) is 4.26. The molecule has 5 rings (SSSR count). The number of rotatable bonds is 4. The van der Waals surface area contributed by atoms with Crippen molar-refractivity contribution in [2.24, 2.45) is 0 Å². The van der Waals surface area contributed by atoms with E-state index in [4.69, 9.17) is 27.9 Å². The van der Waals surface area contributed by atoms with Crippen molar-refractivity contribution in [2.75, 3.05) is 38.3 Å². The molecule has 3 aliphatic rings. The number of para-hydroxylation sites is 1. The van der Waals surface area contributed by atoms with E-state index in [9.17, 15) is 9.59 Å². The van der Waals surface area contributed by atoms with Crippen LogP contribution in [0.2, 0.25) is 10.0 Å². The van der Waals surface area contributed by atoms with Gasteiger partial charge in [-0.1, -0.05) is 41.4 Å². The number of benzene rings is 2. The average Bonchev–Trinajstić information content (AvgIpc) is 3.13. The van der Waals surface area contributed by atoms with Crippen molar-refractivity contribution < 1.29 is 14.3 Å². The molecule has 8 heteroatoms. The van der Waals surface area contributed by atoms with E-state index < -0.39 is 11.5 Å². The number of amides is 1. The summed E-state index contributed by atoms with van der Waals surface area (Å²) in [5.74, 6) is -0.377. The Labute approximate surface area is 210 Å². The Hall–Kier alpha value is -2.28. The third-order valence-corrected chi connectivity index (χ3v) is 8.46. The lowest BCUT2D eigenvalue weighted by atomic mass is 9.82. The SMILES string of the molecule is COC(=O)CN1CN(c2ccccc2)C2(CCN(C3CCc4c(Cl)ccc(Cl)c4C3)CC2)C1=O. The molecule has 2 aromatic rings. The van der Waals surface area contributed by atoms with Gasteiger partial charge in [0.15, 0.2) is 0 Å². The normalized spacial score (nSPS) is 22.2. The van der Waals surface area contributed by atoms with E-state index in [1.54, 1.807) is 4.90 Å². The molecule has 1 unspecified atom stereocenters. The second-order valence-electron chi connectivity index (χ2n) is 9.43. The van der Waals surface area contributed by atoms with Crippen LogP contribution in [0.3, 0.4) is 0 Å². The maximum absolute atomic E-state index is 13.7. The van der Waals surface area contributed by atoms with Crippen molar-refractivity contribution in [3.05, 3.63) is 63.6 Å². The first-order valence-corrected chi connectivity index (χ1v) is 12.6. The molecule has 2 aromatic carbocycles. The van der Waals surface area contributed by atoms with E-state index in [2.05, 4.69) is 9.80 Å². The van der Waals surface area contributed by atoms with Gasteiger partial charge in [-0.2, -0.15) is 0 Å². The maximum atomic E-state index is 13.7. The van der Waals surface area contributed by atoms with Crippen LogP contribution in [0.4, 0.5) is 5.69 Å². The van der Waals surface area contributed by atoms with E-state index in [0.29, 0.717) is 25.6 Å². The molecule has 0 radical (unpaired) electrons. The highest BCUT2D eigenvalue weighted by Gasteiger charge is 2.54. The average molecular weight is 502 g/mol. The van der Waals surface area contributed by atoms with Crippen LogP contribution in [0.5, 0.6) is 0 Å². The van der Waals surface area contributed by atoms with Gasteiger partial charge >= 0.3 is 5.97 Å². The smallest absolute Gasteiger partial charge is 0.325 e. The summed E-state index contributed by atoms with van der Waals surface area (Å²) < 4.78 is 4.84. The van der Waals surface area contributed by atoms with Crippen LogP contribution in [-0.2, 0) is 27.2 Å². The fourth-order valence-corrected chi connectivity index (χ4v) is 6.41. The molecular weight excluding hydrogens is 473 g/mol. The van der Waals surface area contributed by atoms with Gasteiger partial charge in [0, 0.05) is 34.9 Å². The topological polar surface area (TPSA) is 53.1 Å². The number of nitrogens with zero attached hydrogens (tertiary/aromatic N) is 3. The summed E-state index contributed by atoms with van der Waals surface area (Å²) in [5.41, 5.74) is 2.71. The summed E-state index contributed by atoms with van der Waals surface area (Å²) >= 11 is 12.9. The first-order valence-electron chi connectivity index (χ1n) is 11.8. The van der Waals surface area contributed by atoms with Crippen LogP contribution in [0.25, 0.3) is 0 Å². The number of fused-ring (bicyclic) bond motifs is 1. The number of carbonyl (C=O) groups excluding carboxylic acids is 2. The molecule has 1 amide bonds. The van der Waals surface area contributed by atoms with E-state index in [1.165, 1.54) is 12.7 Å². The van der Waals surface area contributed by atoms with Crippen LogP contribution in [0.15, 0.2) is 42.5 Å². The lowest BCUT2D eigenvalue weighted by Gasteiger charge is -2.46. The molecule has 1 atom stereocenters. The highest BCUT2D eigenvalue weighted by Crippen LogP contribution is 2.41. The number of hydrogen-bond acceptors (Lipinski definition) is 5. The van der Waals surface area contributed by atoms with Crippen LogP contribution in [-0.4, -0.2) is 66.7 Å². The molecule has 6 nitrogen and oxygen atoms in total. The Balaban J connectivity index is 1.35. The first-order chi connectivity index (χ1) is 16.4. The Bertz CT molecular complexity index is 1090. The predicted molar refractivity (Wildman–Crippen MR) is 133 cm³/mol. The van der Waals surface area contributed by atoms with Gasteiger partial charge in [-0.05, 0) is 67.5 Å². The van der Waals surface area contributed by atoms with Crippen molar-refractivity contribution >= 4 is 40.8 Å². The standard InChI is InChI=1S/C26H29Cl2N3O3/c1-34-24(32)16-30-17-31(18-5-3-2-4-6-18)26(25(30)33)11-13-29(14-12-26)19-7-8-20-21(15-19)23(28)10-9-22(20)27/h2-6,9-10,19H,7-8,11-17H2,1H3. The fourth-order valence-electron chi connectivity index (χ4n) is 5.89. The van der Waals surface area contributed by atoms with Gasteiger partial charge in [0.05, 0.1) is 13.8 Å². The van der Waals surface area contributed by atoms with Crippen molar-refractivity contribution in [1.82, 2.24) is 9.80 Å². The number of carbonyl (C=O) groups is 2. The molecule has 2 saturated heterocycles. The second-order valence-corrected chi connectivity index (χ2v) is 10.2. The van der Waals surface area contributed by atoms with Crippen LogP contribution < -0.4 is 4.90 Å². The van der Waals surface area contributed by atoms with Crippen LogP contribution in [0, 0.1) is 0 Å². The molecule has 0 bridgehead atoms. The predicted octanol–water partition coefficient (Wildman–Crippen LogP) is 4.16. The number of esters is 1. The number of methoxy groups -OCH3 is 1.